The first kappa shape index (κ1) is 19.3. The van der Waals surface area contributed by atoms with Gasteiger partial charge in [0.15, 0.2) is 6.10 Å². The van der Waals surface area contributed by atoms with Gasteiger partial charge in [-0.1, -0.05) is 6.07 Å². The van der Waals surface area contributed by atoms with Crippen molar-refractivity contribution in [3.63, 3.8) is 0 Å². The normalized spacial score (nSPS) is 18.1. The van der Waals surface area contributed by atoms with Crippen LogP contribution in [0.4, 0.5) is 5.69 Å². The number of anilines is 1. The summed E-state index contributed by atoms with van der Waals surface area (Å²) in [5.74, 6) is -1.19. The number of fused-ring (bicyclic) bond motifs is 1. The molecule has 1 atom stereocenters. The molecule has 2 heterocycles. The van der Waals surface area contributed by atoms with Gasteiger partial charge in [-0.05, 0) is 37.3 Å². The van der Waals surface area contributed by atoms with Crippen LogP contribution in [-0.2, 0) is 24.3 Å². The molecular formula is C18H16N4O5S. The van der Waals surface area contributed by atoms with Crippen molar-refractivity contribution in [2.45, 2.75) is 13.0 Å². The van der Waals surface area contributed by atoms with E-state index in [9.17, 15) is 18.0 Å². The van der Waals surface area contributed by atoms with E-state index in [0.29, 0.717) is 11.3 Å². The van der Waals surface area contributed by atoms with Crippen LogP contribution in [0.1, 0.15) is 12.5 Å². The number of rotatable bonds is 4. The zero-order valence-electron chi connectivity index (χ0n) is 14.8. The average Bonchev–Trinajstić information content (AvgIpc) is 2.66. The maximum atomic E-state index is 12.3. The predicted molar refractivity (Wildman–Crippen MR) is 100 cm³/mol. The lowest BCUT2D eigenvalue weighted by atomic mass is 10.2. The van der Waals surface area contributed by atoms with Crippen molar-refractivity contribution >= 4 is 33.4 Å². The first-order valence-electron chi connectivity index (χ1n) is 8.28. The minimum atomic E-state index is -3.48. The molecule has 1 amide bonds. The van der Waals surface area contributed by atoms with Crippen LogP contribution in [0, 0.1) is 11.3 Å². The number of nitriles is 1. The smallest absolute Gasteiger partial charge is 0.340 e. The second-order valence-corrected chi connectivity index (χ2v) is 7.83. The third kappa shape index (κ3) is 4.44. The molecule has 0 aromatic heterocycles. The highest BCUT2D eigenvalue weighted by atomic mass is 32.2. The van der Waals surface area contributed by atoms with E-state index in [0.717, 1.165) is 0 Å². The van der Waals surface area contributed by atoms with Gasteiger partial charge in [0, 0.05) is 18.4 Å². The number of esters is 1. The van der Waals surface area contributed by atoms with Crippen LogP contribution in [0.25, 0.3) is 0 Å². The number of carbonyl (C=O) groups excluding carboxylic acids is 2. The molecule has 3 rings (SSSR count). The van der Waals surface area contributed by atoms with Crippen LogP contribution >= 0.6 is 0 Å². The van der Waals surface area contributed by atoms with Gasteiger partial charge in [-0.15, -0.1) is 4.40 Å². The maximum absolute atomic E-state index is 12.3. The van der Waals surface area contributed by atoms with Crippen LogP contribution < -0.4 is 5.32 Å². The number of ether oxygens (including phenoxy) is 1. The highest BCUT2D eigenvalue weighted by molar-refractivity contribution is 7.90. The maximum Gasteiger partial charge on any atom is 0.340 e. The molecule has 0 saturated heterocycles. The lowest BCUT2D eigenvalue weighted by Crippen LogP contribution is -2.37. The third-order valence-electron chi connectivity index (χ3n) is 3.97. The second kappa shape index (κ2) is 7.66. The summed E-state index contributed by atoms with van der Waals surface area (Å²) in [5, 5.41) is 11.5. The Morgan fingerprint density at radius 2 is 2.14 bits per heavy atom. The van der Waals surface area contributed by atoms with Gasteiger partial charge >= 0.3 is 5.97 Å². The van der Waals surface area contributed by atoms with Gasteiger partial charge in [-0.2, -0.15) is 5.26 Å². The van der Waals surface area contributed by atoms with Gasteiger partial charge in [0.2, 0.25) is 0 Å². The van der Waals surface area contributed by atoms with Crippen molar-refractivity contribution < 1.29 is 22.7 Å². The zero-order valence-corrected chi connectivity index (χ0v) is 15.6. The molecule has 1 N–H and O–H groups in total. The van der Waals surface area contributed by atoms with Crippen LogP contribution in [0.5, 0.6) is 0 Å². The zero-order chi connectivity index (χ0) is 20.3. The highest BCUT2D eigenvalue weighted by Crippen LogP contribution is 2.17. The van der Waals surface area contributed by atoms with Crippen molar-refractivity contribution in [2.75, 3.05) is 17.6 Å². The van der Waals surface area contributed by atoms with Crippen molar-refractivity contribution in [2.24, 2.45) is 4.40 Å². The molecule has 1 aromatic rings. The molecular weight excluding hydrogens is 384 g/mol. The molecule has 1 unspecified atom stereocenters. The molecule has 0 aliphatic carbocycles. The van der Waals surface area contributed by atoms with Gasteiger partial charge in [-0.25, -0.2) is 13.2 Å². The van der Waals surface area contributed by atoms with E-state index >= 15 is 0 Å². The molecule has 2 aliphatic rings. The number of nitrogens with one attached hydrogen (secondary N) is 1. The summed E-state index contributed by atoms with van der Waals surface area (Å²) in [5.41, 5.74) is 0.976. The van der Waals surface area contributed by atoms with Gasteiger partial charge in [-0.3, -0.25) is 4.79 Å². The Labute approximate surface area is 161 Å². The fourth-order valence-electron chi connectivity index (χ4n) is 2.51. The molecule has 2 aliphatic heterocycles. The second-order valence-electron chi connectivity index (χ2n) is 6.08. The summed E-state index contributed by atoms with van der Waals surface area (Å²) >= 11 is 0. The summed E-state index contributed by atoms with van der Waals surface area (Å²) in [6, 6.07) is 8.32. The summed E-state index contributed by atoms with van der Waals surface area (Å²) < 4.78 is 31.8. The Morgan fingerprint density at radius 3 is 2.89 bits per heavy atom. The number of benzene rings is 1. The number of carbonyl (C=O) groups is 2. The van der Waals surface area contributed by atoms with Crippen LogP contribution in [0.15, 0.2) is 52.6 Å². The van der Waals surface area contributed by atoms with E-state index in [1.165, 1.54) is 36.2 Å². The van der Waals surface area contributed by atoms with E-state index in [4.69, 9.17) is 10.00 Å². The lowest BCUT2D eigenvalue weighted by molar-refractivity contribution is -0.149. The molecule has 0 radical (unpaired) electrons. The first-order valence-corrected chi connectivity index (χ1v) is 9.89. The predicted octanol–water partition coefficient (Wildman–Crippen LogP) is 0.926. The number of amidine groups is 1. The van der Waals surface area contributed by atoms with Crippen LogP contribution in [-0.4, -0.2) is 49.4 Å². The number of hydrogen-bond donors (Lipinski definition) is 1. The third-order valence-corrected chi connectivity index (χ3v) is 5.14. The molecule has 9 nitrogen and oxygen atoms in total. The quantitative estimate of drug-likeness (QED) is 0.744. The first-order chi connectivity index (χ1) is 13.3. The van der Waals surface area contributed by atoms with Crippen molar-refractivity contribution in [1.82, 2.24) is 4.90 Å². The summed E-state index contributed by atoms with van der Waals surface area (Å²) in [6.07, 6.45) is 3.16. The van der Waals surface area contributed by atoms with Crippen LogP contribution in [0.3, 0.4) is 0 Å². The number of amides is 1. The standard InChI is InChI=1S/C18H16N4O5S/c1-12(17(23)20-15-4-2-3-13(9-15)10-19)27-18(24)14-5-6-16-21-28(25,26)8-7-22(16)11-14/h2-6,9,11-12H,7-8H2,1H3,(H,20,23). The van der Waals surface area contributed by atoms with E-state index in [1.54, 1.807) is 18.2 Å². The van der Waals surface area contributed by atoms with Gasteiger partial charge in [0.1, 0.15) is 5.84 Å². The molecule has 0 fully saturated rings. The van der Waals surface area contributed by atoms with Crippen LogP contribution in [0.2, 0.25) is 0 Å². The molecule has 1 aromatic carbocycles. The molecule has 0 saturated carbocycles. The van der Waals surface area contributed by atoms with Crippen molar-refractivity contribution in [1.29, 1.82) is 5.26 Å². The molecule has 10 heteroatoms. The number of nitrogens with zero attached hydrogens (tertiary/aromatic N) is 3. The fourth-order valence-corrected chi connectivity index (χ4v) is 3.48. The Balaban J connectivity index is 1.63. The Hall–Kier alpha value is -3.45. The molecule has 28 heavy (non-hydrogen) atoms. The largest absolute Gasteiger partial charge is 0.449 e. The van der Waals surface area contributed by atoms with E-state index in [1.807, 2.05) is 6.07 Å². The molecule has 0 bridgehead atoms. The lowest BCUT2D eigenvalue weighted by Gasteiger charge is -2.27. The van der Waals surface area contributed by atoms with Crippen molar-refractivity contribution in [3.8, 4) is 6.07 Å². The van der Waals surface area contributed by atoms with E-state index in [-0.39, 0.29) is 23.7 Å². The summed E-state index contributed by atoms with van der Waals surface area (Å²) in [6.45, 7) is 1.60. The van der Waals surface area contributed by atoms with Crippen molar-refractivity contribution in [3.05, 3.63) is 53.8 Å². The minimum Gasteiger partial charge on any atom is -0.449 e. The van der Waals surface area contributed by atoms with E-state index < -0.39 is 28.0 Å². The number of sulfonamides is 1. The topological polar surface area (TPSA) is 129 Å². The number of hydrogen-bond acceptors (Lipinski definition) is 7. The monoisotopic (exact) mass is 400 g/mol. The average molecular weight is 400 g/mol. The SMILES string of the molecule is CC(OC(=O)C1=CN2CCS(=O)(=O)N=C2C=C1)C(=O)Nc1cccc(C#N)c1. The van der Waals surface area contributed by atoms with Gasteiger partial charge < -0.3 is 15.0 Å². The summed E-state index contributed by atoms with van der Waals surface area (Å²) in [7, 11) is -3.48. The van der Waals surface area contributed by atoms with E-state index in [2.05, 4.69) is 9.71 Å². The highest BCUT2D eigenvalue weighted by Gasteiger charge is 2.27. The minimum absolute atomic E-state index is 0.149. The van der Waals surface area contributed by atoms with Gasteiger partial charge in [0.25, 0.3) is 15.9 Å². The molecule has 0 spiro atoms. The Bertz CT molecular complexity index is 1070. The molecule has 144 valence electrons. The fraction of sp³-hybridized carbons (Fsp3) is 0.222. The van der Waals surface area contributed by atoms with Gasteiger partial charge in [0.05, 0.1) is 23.0 Å². The Morgan fingerprint density at radius 1 is 1.36 bits per heavy atom. The Kier molecular flexibility index (Phi) is 5.28. The summed E-state index contributed by atoms with van der Waals surface area (Å²) in [4.78, 5) is 26.1.